The van der Waals surface area contributed by atoms with E-state index in [1.54, 1.807) is 13.0 Å². The Morgan fingerprint density at radius 2 is 2.06 bits per heavy atom. The highest BCUT2D eigenvalue weighted by Gasteiger charge is 2.18. The zero-order chi connectivity index (χ0) is 13.8. The number of hydroxylamine groups is 1. The lowest BCUT2D eigenvalue weighted by atomic mass is 10.2. The van der Waals surface area contributed by atoms with E-state index in [1.807, 2.05) is 20.8 Å². The predicted molar refractivity (Wildman–Crippen MR) is 65.5 cm³/mol. The molecule has 0 aromatic heterocycles. The molecule has 1 amide bonds. The van der Waals surface area contributed by atoms with Crippen LogP contribution in [0.5, 0.6) is 5.75 Å². The Balaban J connectivity index is 2.50. The molecule has 1 aromatic carbocycles. The van der Waals surface area contributed by atoms with Crippen LogP contribution >= 0.6 is 0 Å². The first-order chi connectivity index (χ1) is 8.28. The SMILES string of the molecule is CC(Oc1cccc(F)c1)C(=O)NOC(C)(C)C. The first-order valence-corrected chi connectivity index (χ1v) is 5.68. The smallest absolute Gasteiger partial charge is 0.284 e. The minimum absolute atomic E-state index is 0.299. The first kappa shape index (κ1) is 14.4. The van der Waals surface area contributed by atoms with Crippen LogP contribution in [-0.4, -0.2) is 17.6 Å². The summed E-state index contributed by atoms with van der Waals surface area (Å²) in [6.07, 6.45) is -0.769. The van der Waals surface area contributed by atoms with E-state index in [1.165, 1.54) is 18.2 Å². The number of nitrogens with one attached hydrogen (secondary N) is 1. The lowest BCUT2D eigenvalue weighted by Crippen LogP contribution is -2.40. The van der Waals surface area contributed by atoms with Crippen molar-refractivity contribution in [2.75, 3.05) is 0 Å². The average molecular weight is 255 g/mol. The van der Waals surface area contributed by atoms with Crippen molar-refractivity contribution >= 4 is 5.91 Å². The monoisotopic (exact) mass is 255 g/mol. The summed E-state index contributed by atoms with van der Waals surface area (Å²) in [5.74, 6) is -0.534. The van der Waals surface area contributed by atoms with Crippen LogP contribution in [0.4, 0.5) is 4.39 Å². The summed E-state index contributed by atoms with van der Waals surface area (Å²) in [5, 5.41) is 0. The molecule has 0 heterocycles. The number of halogens is 1. The molecule has 1 aromatic rings. The number of carbonyl (C=O) groups excluding carboxylic acids is 1. The van der Waals surface area contributed by atoms with Gasteiger partial charge in [0.2, 0.25) is 0 Å². The summed E-state index contributed by atoms with van der Waals surface area (Å²) >= 11 is 0. The third-order valence-electron chi connectivity index (χ3n) is 1.94. The molecule has 1 N–H and O–H groups in total. The number of ether oxygens (including phenoxy) is 1. The number of benzene rings is 1. The summed E-state index contributed by atoms with van der Waals surface area (Å²) in [6, 6.07) is 5.62. The van der Waals surface area contributed by atoms with Gasteiger partial charge in [0.1, 0.15) is 11.6 Å². The van der Waals surface area contributed by atoms with Crippen molar-refractivity contribution in [3.8, 4) is 5.75 Å². The van der Waals surface area contributed by atoms with Gasteiger partial charge in [-0.1, -0.05) is 6.07 Å². The fourth-order valence-corrected chi connectivity index (χ4v) is 1.08. The standard InChI is InChI=1S/C13H18FNO3/c1-9(12(16)15-18-13(2,3)4)17-11-7-5-6-10(14)8-11/h5-9H,1-4H3,(H,15,16). The topological polar surface area (TPSA) is 47.6 Å². The molecular formula is C13H18FNO3. The van der Waals surface area contributed by atoms with E-state index < -0.39 is 23.4 Å². The van der Waals surface area contributed by atoms with Gasteiger partial charge in [0, 0.05) is 6.07 Å². The molecule has 0 aliphatic carbocycles. The molecular weight excluding hydrogens is 237 g/mol. The van der Waals surface area contributed by atoms with Crippen molar-refractivity contribution in [1.82, 2.24) is 5.48 Å². The molecule has 0 bridgehead atoms. The molecule has 1 unspecified atom stereocenters. The van der Waals surface area contributed by atoms with E-state index in [0.717, 1.165) is 0 Å². The molecule has 100 valence electrons. The van der Waals surface area contributed by atoms with Gasteiger partial charge in [0.05, 0.1) is 5.60 Å². The fraction of sp³-hybridized carbons (Fsp3) is 0.462. The average Bonchev–Trinajstić information content (AvgIpc) is 2.24. The second-order valence-electron chi connectivity index (χ2n) is 4.90. The summed E-state index contributed by atoms with van der Waals surface area (Å²) in [7, 11) is 0. The maximum atomic E-state index is 12.9. The van der Waals surface area contributed by atoms with Crippen molar-refractivity contribution in [2.24, 2.45) is 0 Å². The molecule has 1 rings (SSSR count). The number of amides is 1. The molecule has 4 nitrogen and oxygen atoms in total. The Hall–Kier alpha value is -1.62. The van der Waals surface area contributed by atoms with Gasteiger partial charge < -0.3 is 4.74 Å². The molecule has 1 atom stereocenters. The van der Waals surface area contributed by atoms with Gasteiger partial charge >= 0.3 is 0 Å². The molecule has 0 saturated carbocycles. The minimum atomic E-state index is -0.769. The second-order valence-corrected chi connectivity index (χ2v) is 4.90. The maximum Gasteiger partial charge on any atom is 0.284 e. The number of carbonyl (C=O) groups is 1. The Bertz CT molecular complexity index is 415. The van der Waals surface area contributed by atoms with Crippen LogP contribution in [0, 0.1) is 5.82 Å². The highest BCUT2D eigenvalue weighted by Crippen LogP contribution is 2.14. The van der Waals surface area contributed by atoms with Crippen molar-refractivity contribution in [3.63, 3.8) is 0 Å². The van der Waals surface area contributed by atoms with Crippen molar-refractivity contribution in [2.45, 2.75) is 39.4 Å². The molecule has 18 heavy (non-hydrogen) atoms. The third-order valence-corrected chi connectivity index (χ3v) is 1.94. The quantitative estimate of drug-likeness (QED) is 0.841. The van der Waals surface area contributed by atoms with E-state index in [2.05, 4.69) is 5.48 Å². The van der Waals surface area contributed by atoms with Crippen LogP contribution in [0.15, 0.2) is 24.3 Å². The van der Waals surface area contributed by atoms with Crippen LogP contribution in [0.1, 0.15) is 27.7 Å². The van der Waals surface area contributed by atoms with E-state index in [9.17, 15) is 9.18 Å². The van der Waals surface area contributed by atoms with Crippen LogP contribution in [0.25, 0.3) is 0 Å². The Morgan fingerprint density at radius 3 is 2.61 bits per heavy atom. The van der Waals surface area contributed by atoms with Crippen LogP contribution in [0.2, 0.25) is 0 Å². The highest BCUT2D eigenvalue weighted by molar-refractivity contribution is 5.79. The molecule has 0 radical (unpaired) electrons. The van der Waals surface area contributed by atoms with Gasteiger partial charge in [0.15, 0.2) is 6.10 Å². The number of hydrogen-bond acceptors (Lipinski definition) is 3. The van der Waals surface area contributed by atoms with Crippen LogP contribution in [0.3, 0.4) is 0 Å². The van der Waals surface area contributed by atoms with E-state index in [4.69, 9.17) is 9.57 Å². The predicted octanol–water partition coefficient (Wildman–Crippen LogP) is 2.44. The normalized spacial score (nSPS) is 12.9. The van der Waals surface area contributed by atoms with Crippen molar-refractivity contribution in [3.05, 3.63) is 30.1 Å². The van der Waals surface area contributed by atoms with E-state index in [0.29, 0.717) is 5.75 Å². The molecule has 0 spiro atoms. The zero-order valence-corrected chi connectivity index (χ0v) is 11.0. The Labute approximate surface area is 106 Å². The van der Waals surface area contributed by atoms with Gasteiger partial charge in [-0.3, -0.25) is 9.63 Å². The molecule has 0 aliphatic heterocycles. The minimum Gasteiger partial charge on any atom is -0.481 e. The summed E-state index contributed by atoms with van der Waals surface area (Å²) in [4.78, 5) is 16.7. The van der Waals surface area contributed by atoms with E-state index in [-0.39, 0.29) is 0 Å². The third kappa shape index (κ3) is 5.14. The summed E-state index contributed by atoms with van der Waals surface area (Å²) in [6.45, 7) is 6.99. The van der Waals surface area contributed by atoms with Crippen molar-refractivity contribution in [1.29, 1.82) is 0 Å². The lowest BCUT2D eigenvalue weighted by molar-refractivity contribution is -0.151. The highest BCUT2D eigenvalue weighted by atomic mass is 19.1. The van der Waals surface area contributed by atoms with Crippen molar-refractivity contribution < 1.29 is 18.8 Å². The molecule has 5 heteroatoms. The van der Waals surface area contributed by atoms with Gasteiger partial charge in [-0.05, 0) is 39.8 Å². The largest absolute Gasteiger partial charge is 0.481 e. The fourth-order valence-electron chi connectivity index (χ4n) is 1.08. The van der Waals surface area contributed by atoms with Gasteiger partial charge in [0.25, 0.3) is 5.91 Å². The summed E-state index contributed by atoms with van der Waals surface area (Å²) in [5.41, 5.74) is 1.82. The Morgan fingerprint density at radius 1 is 1.39 bits per heavy atom. The maximum absolute atomic E-state index is 12.9. The molecule has 0 saturated heterocycles. The van der Waals surface area contributed by atoms with Crippen LogP contribution < -0.4 is 10.2 Å². The summed E-state index contributed by atoms with van der Waals surface area (Å²) < 4.78 is 18.2. The number of hydrogen-bond donors (Lipinski definition) is 1. The molecule has 0 aliphatic rings. The molecule has 0 fully saturated rings. The van der Waals surface area contributed by atoms with Gasteiger partial charge in [-0.15, -0.1) is 0 Å². The van der Waals surface area contributed by atoms with E-state index >= 15 is 0 Å². The Kier molecular flexibility index (Phi) is 4.67. The first-order valence-electron chi connectivity index (χ1n) is 5.68. The zero-order valence-electron chi connectivity index (χ0n) is 11.0. The number of rotatable bonds is 4. The lowest BCUT2D eigenvalue weighted by Gasteiger charge is -2.21. The second kappa shape index (κ2) is 5.82. The van der Waals surface area contributed by atoms with Gasteiger partial charge in [-0.25, -0.2) is 9.87 Å². The van der Waals surface area contributed by atoms with Gasteiger partial charge in [-0.2, -0.15) is 0 Å². The van der Waals surface area contributed by atoms with Crippen LogP contribution in [-0.2, 0) is 9.63 Å².